The Hall–Kier alpha value is -3.33. The molecule has 2 heterocycles. The summed E-state index contributed by atoms with van der Waals surface area (Å²) in [4.78, 5) is 4.98. The molecule has 1 aliphatic rings. The van der Waals surface area contributed by atoms with Crippen molar-refractivity contribution >= 4 is 44.1 Å². The maximum atomic E-state index is 4.98. The molecule has 0 bridgehead atoms. The van der Waals surface area contributed by atoms with E-state index in [-0.39, 0.29) is 0 Å². The lowest BCUT2D eigenvalue weighted by molar-refractivity contribution is 0.672. The van der Waals surface area contributed by atoms with Gasteiger partial charge in [0.1, 0.15) is 0 Å². The topological polar surface area (TPSA) is 29.9 Å². The quantitative estimate of drug-likeness (QED) is 0.359. The van der Waals surface area contributed by atoms with Crippen molar-refractivity contribution in [2.45, 2.75) is 39.2 Å². The first-order chi connectivity index (χ1) is 14.8. The highest BCUT2D eigenvalue weighted by Crippen LogP contribution is 2.37. The van der Waals surface area contributed by atoms with Crippen molar-refractivity contribution in [1.82, 2.24) is 9.55 Å². The molecule has 0 fully saturated rings. The Morgan fingerprint density at radius 3 is 2.50 bits per heavy atom. The zero-order valence-electron chi connectivity index (χ0n) is 17.3. The number of hydrogen-bond donors (Lipinski definition) is 1. The number of anilines is 2. The Morgan fingerprint density at radius 1 is 0.833 bits per heavy atom. The molecule has 6 rings (SSSR count). The van der Waals surface area contributed by atoms with Crippen LogP contribution in [0.3, 0.4) is 0 Å². The zero-order valence-corrected chi connectivity index (χ0v) is 17.3. The summed E-state index contributed by atoms with van der Waals surface area (Å²) in [5, 5.41) is 7.66. The van der Waals surface area contributed by atoms with E-state index in [1.807, 2.05) is 0 Å². The summed E-state index contributed by atoms with van der Waals surface area (Å²) in [5.41, 5.74) is 8.75. The third-order valence-electron chi connectivity index (χ3n) is 6.53. The molecule has 0 saturated heterocycles. The van der Waals surface area contributed by atoms with Gasteiger partial charge in [-0.15, -0.1) is 0 Å². The van der Waals surface area contributed by atoms with Crippen LogP contribution in [0.4, 0.5) is 11.4 Å². The molecular formula is C27H25N3. The smallest absolute Gasteiger partial charge is 0.0726 e. The van der Waals surface area contributed by atoms with Crippen LogP contribution in [-0.2, 0) is 19.4 Å². The predicted molar refractivity (Wildman–Crippen MR) is 127 cm³/mol. The molecule has 2 aromatic heterocycles. The second-order valence-electron chi connectivity index (χ2n) is 8.25. The molecule has 148 valence electrons. The minimum atomic E-state index is 0.972. The van der Waals surface area contributed by atoms with Crippen molar-refractivity contribution in [2.24, 2.45) is 0 Å². The summed E-state index contributed by atoms with van der Waals surface area (Å²) in [6.07, 6.45) is 4.66. The fraction of sp³-hybridized carbons (Fsp3) is 0.222. The standard InChI is InChI=1S/C27H25N3/c1-2-30-25-14-8-5-9-19(25)22-17-18(15-16-26(22)30)28-27-20-10-3-6-12-23(20)29-24-13-7-4-11-21(24)27/h3,5-6,8-10,12,14-17H,2,4,7,11,13H2,1H3,(H,28,29). The van der Waals surface area contributed by atoms with Crippen LogP contribution < -0.4 is 5.32 Å². The molecule has 1 aliphatic carbocycles. The third kappa shape index (κ3) is 2.62. The van der Waals surface area contributed by atoms with Crippen LogP contribution in [0.5, 0.6) is 0 Å². The molecule has 3 heteroatoms. The van der Waals surface area contributed by atoms with Gasteiger partial charge in [-0.25, -0.2) is 0 Å². The summed E-state index contributed by atoms with van der Waals surface area (Å²) in [5.74, 6) is 0. The summed E-state index contributed by atoms with van der Waals surface area (Å²) >= 11 is 0. The molecule has 3 nitrogen and oxygen atoms in total. The third-order valence-corrected chi connectivity index (χ3v) is 6.53. The van der Waals surface area contributed by atoms with Gasteiger partial charge in [0.25, 0.3) is 0 Å². The second-order valence-corrected chi connectivity index (χ2v) is 8.25. The van der Waals surface area contributed by atoms with Crippen LogP contribution in [0.25, 0.3) is 32.7 Å². The summed E-state index contributed by atoms with van der Waals surface area (Å²) in [7, 11) is 0. The van der Waals surface area contributed by atoms with E-state index in [0.717, 1.165) is 30.6 Å². The van der Waals surface area contributed by atoms with Gasteiger partial charge in [0.2, 0.25) is 0 Å². The van der Waals surface area contributed by atoms with Crippen molar-refractivity contribution in [3.63, 3.8) is 0 Å². The van der Waals surface area contributed by atoms with E-state index in [1.165, 1.54) is 57.0 Å². The summed E-state index contributed by atoms with van der Waals surface area (Å²) < 4.78 is 2.40. The number of aromatic nitrogens is 2. The molecule has 3 aromatic carbocycles. The minimum Gasteiger partial charge on any atom is -0.355 e. The Bertz CT molecular complexity index is 1410. The number of para-hydroxylation sites is 2. The first kappa shape index (κ1) is 17.5. The summed E-state index contributed by atoms with van der Waals surface area (Å²) in [6.45, 7) is 3.19. The fourth-order valence-corrected chi connectivity index (χ4v) is 5.13. The van der Waals surface area contributed by atoms with E-state index in [0.29, 0.717) is 0 Å². The van der Waals surface area contributed by atoms with E-state index >= 15 is 0 Å². The maximum absolute atomic E-state index is 4.98. The largest absolute Gasteiger partial charge is 0.355 e. The van der Waals surface area contributed by atoms with E-state index in [2.05, 4.69) is 83.5 Å². The molecule has 5 aromatic rings. The fourth-order valence-electron chi connectivity index (χ4n) is 5.13. The van der Waals surface area contributed by atoms with Gasteiger partial charge in [0, 0.05) is 45.1 Å². The zero-order chi connectivity index (χ0) is 20.1. The molecule has 1 N–H and O–H groups in total. The normalized spacial score (nSPS) is 13.8. The van der Waals surface area contributed by atoms with E-state index in [1.54, 1.807) is 0 Å². The van der Waals surface area contributed by atoms with Crippen LogP contribution in [0.1, 0.15) is 31.0 Å². The molecule has 0 aliphatic heterocycles. The molecule has 0 radical (unpaired) electrons. The van der Waals surface area contributed by atoms with Gasteiger partial charge in [0.15, 0.2) is 0 Å². The van der Waals surface area contributed by atoms with Crippen LogP contribution >= 0.6 is 0 Å². The van der Waals surface area contributed by atoms with Crippen molar-refractivity contribution in [3.05, 3.63) is 78.0 Å². The highest BCUT2D eigenvalue weighted by Gasteiger charge is 2.18. The van der Waals surface area contributed by atoms with Gasteiger partial charge < -0.3 is 9.88 Å². The number of hydrogen-bond acceptors (Lipinski definition) is 2. The van der Waals surface area contributed by atoms with Crippen molar-refractivity contribution in [2.75, 3.05) is 5.32 Å². The lowest BCUT2D eigenvalue weighted by Crippen LogP contribution is -2.09. The average molecular weight is 392 g/mol. The van der Waals surface area contributed by atoms with Crippen LogP contribution in [-0.4, -0.2) is 9.55 Å². The SMILES string of the molecule is CCn1c2ccccc2c2cc(Nc3c4c(nc5ccccc35)CCCC4)ccc21. The number of fused-ring (bicyclic) bond motifs is 5. The van der Waals surface area contributed by atoms with Gasteiger partial charge >= 0.3 is 0 Å². The van der Waals surface area contributed by atoms with Crippen LogP contribution in [0, 0.1) is 0 Å². The number of aryl methyl sites for hydroxylation is 2. The van der Waals surface area contributed by atoms with Gasteiger partial charge in [-0.05, 0) is 68.5 Å². The predicted octanol–water partition coefficient (Wildman–Crippen LogP) is 6.99. The number of pyridine rings is 1. The van der Waals surface area contributed by atoms with Crippen molar-refractivity contribution in [1.29, 1.82) is 0 Å². The Labute approximate surface area is 176 Å². The molecule has 0 saturated carbocycles. The van der Waals surface area contributed by atoms with Crippen LogP contribution in [0.15, 0.2) is 66.7 Å². The molecule has 0 amide bonds. The lowest BCUT2D eigenvalue weighted by atomic mass is 9.92. The van der Waals surface area contributed by atoms with E-state index in [9.17, 15) is 0 Å². The number of benzene rings is 3. The monoisotopic (exact) mass is 391 g/mol. The number of nitrogens with zero attached hydrogens (tertiary/aromatic N) is 2. The van der Waals surface area contributed by atoms with E-state index < -0.39 is 0 Å². The van der Waals surface area contributed by atoms with Gasteiger partial charge in [-0.2, -0.15) is 0 Å². The molecule has 30 heavy (non-hydrogen) atoms. The second kappa shape index (κ2) is 6.88. The van der Waals surface area contributed by atoms with Gasteiger partial charge in [0.05, 0.1) is 11.2 Å². The van der Waals surface area contributed by atoms with Crippen LogP contribution in [0.2, 0.25) is 0 Å². The highest BCUT2D eigenvalue weighted by molar-refractivity contribution is 6.09. The Morgan fingerprint density at radius 2 is 1.60 bits per heavy atom. The van der Waals surface area contributed by atoms with Crippen molar-refractivity contribution < 1.29 is 0 Å². The Balaban J connectivity index is 1.55. The van der Waals surface area contributed by atoms with Gasteiger partial charge in [-0.3, -0.25) is 4.98 Å². The molecule has 0 atom stereocenters. The minimum absolute atomic E-state index is 0.972. The maximum Gasteiger partial charge on any atom is 0.0726 e. The Kier molecular flexibility index (Phi) is 4.02. The first-order valence-corrected chi connectivity index (χ1v) is 11.0. The molecular weight excluding hydrogens is 366 g/mol. The average Bonchev–Trinajstić information content (AvgIpc) is 3.12. The summed E-state index contributed by atoms with van der Waals surface area (Å²) in [6, 6.07) is 24.0. The molecule has 0 unspecified atom stereocenters. The van der Waals surface area contributed by atoms with Gasteiger partial charge in [-0.1, -0.05) is 36.4 Å². The first-order valence-electron chi connectivity index (χ1n) is 11.0. The molecule has 0 spiro atoms. The van der Waals surface area contributed by atoms with E-state index in [4.69, 9.17) is 4.98 Å². The van der Waals surface area contributed by atoms with Crippen molar-refractivity contribution in [3.8, 4) is 0 Å². The number of rotatable bonds is 3. The number of nitrogens with one attached hydrogen (secondary N) is 1. The highest BCUT2D eigenvalue weighted by atomic mass is 15.0. The lowest BCUT2D eigenvalue weighted by Gasteiger charge is -2.22.